The summed E-state index contributed by atoms with van der Waals surface area (Å²) in [6.07, 6.45) is 2.83. The first-order valence-corrected chi connectivity index (χ1v) is 4.80. The van der Waals surface area contributed by atoms with Crippen molar-refractivity contribution in [2.75, 3.05) is 0 Å². The number of rotatable bonds is 2. The largest absolute Gasteiger partial charge is 0.261 e. The number of aromatic nitrogens is 1. The van der Waals surface area contributed by atoms with Crippen LogP contribution in [0, 0.1) is 6.92 Å². The third-order valence-electron chi connectivity index (χ3n) is 2.20. The Morgan fingerprint density at radius 3 is 2.43 bits per heavy atom. The molecular weight excluding hydrogens is 170 g/mol. The lowest BCUT2D eigenvalue weighted by Crippen LogP contribution is -1.91. The lowest BCUT2D eigenvalue weighted by atomic mass is 10.1. The van der Waals surface area contributed by atoms with Crippen LogP contribution in [-0.2, 0) is 6.42 Å². The fraction of sp³-hybridized carbons (Fsp3) is 0.154. The number of hydrogen-bond acceptors (Lipinski definition) is 1. The minimum absolute atomic E-state index is 0.918. The molecule has 0 saturated heterocycles. The zero-order valence-electron chi connectivity index (χ0n) is 8.27. The third-order valence-corrected chi connectivity index (χ3v) is 2.20. The van der Waals surface area contributed by atoms with E-state index in [0.29, 0.717) is 0 Å². The second-order valence-electron chi connectivity index (χ2n) is 3.49. The number of benzene rings is 1. The minimum Gasteiger partial charge on any atom is -0.261 e. The predicted molar refractivity (Wildman–Crippen MR) is 58.2 cm³/mol. The number of nitrogens with zero attached hydrogens (tertiary/aromatic N) is 1. The molecule has 1 nitrogen and oxygen atoms in total. The van der Waals surface area contributed by atoms with Crippen LogP contribution in [0.5, 0.6) is 0 Å². The highest BCUT2D eigenvalue weighted by Crippen LogP contribution is 2.07. The molecule has 2 aromatic rings. The lowest BCUT2D eigenvalue weighted by molar-refractivity contribution is 1.06. The molecule has 1 heterocycles. The van der Waals surface area contributed by atoms with E-state index in [1.54, 1.807) is 0 Å². The highest BCUT2D eigenvalue weighted by molar-refractivity contribution is 5.22. The molecule has 1 heteroatoms. The third kappa shape index (κ3) is 2.19. The van der Waals surface area contributed by atoms with Crippen molar-refractivity contribution in [3.05, 3.63) is 65.5 Å². The molecule has 0 unspecified atom stereocenters. The smallest absolute Gasteiger partial charge is 0.0447 e. The van der Waals surface area contributed by atoms with Gasteiger partial charge in [0.15, 0.2) is 0 Å². The maximum atomic E-state index is 4.37. The number of hydrogen-bond donors (Lipinski definition) is 0. The van der Waals surface area contributed by atoms with Crippen LogP contribution in [0.2, 0.25) is 0 Å². The van der Waals surface area contributed by atoms with Gasteiger partial charge in [-0.1, -0.05) is 36.4 Å². The van der Waals surface area contributed by atoms with Crippen LogP contribution in [0.3, 0.4) is 0 Å². The molecule has 0 aliphatic heterocycles. The van der Waals surface area contributed by atoms with E-state index in [-0.39, 0.29) is 0 Å². The second-order valence-corrected chi connectivity index (χ2v) is 3.49. The number of aryl methyl sites for hydroxylation is 1. The van der Waals surface area contributed by atoms with E-state index in [1.807, 2.05) is 12.3 Å². The van der Waals surface area contributed by atoms with Crippen LogP contribution in [0.15, 0.2) is 48.7 Å². The van der Waals surface area contributed by atoms with E-state index in [2.05, 4.69) is 48.3 Å². The summed E-state index contributed by atoms with van der Waals surface area (Å²) in [7, 11) is 0. The molecule has 0 spiro atoms. The van der Waals surface area contributed by atoms with E-state index in [0.717, 1.165) is 12.1 Å². The highest BCUT2D eigenvalue weighted by Gasteiger charge is 1.95. The van der Waals surface area contributed by atoms with Crippen LogP contribution >= 0.6 is 0 Å². The molecule has 2 rings (SSSR count). The Hall–Kier alpha value is -1.63. The maximum Gasteiger partial charge on any atom is 0.0447 e. The predicted octanol–water partition coefficient (Wildman–Crippen LogP) is 2.98. The first-order valence-electron chi connectivity index (χ1n) is 4.80. The summed E-state index contributed by atoms with van der Waals surface area (Å²) >= 11 is 0. The summed E-state index contributed by atoms with van der Waals surface area (Å²) in [5, 5.41) is 0. The highest BCUT2D eigenvalue weighted by atomic mass is 14.7. The fourth-order valence-electron chi connectivity index (χ4n) is 1.41. The molecule has 1 aromatic carbocycles. The SMILES string of the molecule is Cc1ccc(Cc2ccccc2)nc1. The quantitative estimate of drug-likeness (QED) is 0.697. The van der Waals surface area contributed by atoms with Crippen molar-refractivity contribution in [2.45, 2.75) is 13.3 Å². The molecule has 0 saturated carbocycles. The van der Waals surface area contributed by atoms with Gasteiger partial charge in [-0.25, -0.2) is 0 Å². The summed E-state index contributed by atoms with van der Waals surface area (Å²) in [4.78, 5) is 4.37. The molecule has 0 bridgehead atoms. The van der Waals surface area contributed by atoms with Gasteiger partial charge in [-0.15, -0.1) is 0 Å². The lowest BCUT2D eigenvalue weighted by Gasteiger charge is -2.00. The molecule has 0 aliphatic rings. The van der Waals surface area contributed by atoms with E-state index in [4.69, 9.17) is 0 Å². The van der Waals surface area contributed by atoms with Gasteiger partial charge in [0, 0.05) is 18.3 Å². The summed E-state index contributed by atoms with van der Waals surface area (Å²) in [6.45, 7) is 2.05. The number of pyridine rings is 1. The first kappa shape index (κ1) is 8.95. The Labute approximate surface area is 84.4 Å². The fourth-order valence-corrected chi connectivity index (χ4v) is 1.41. The Kier molecular flexibility index (Phi) is 2.59. The molecular formula is C13H13N. The van der Waals surface area contributed by atoms with E-state index in [1.165, 1.54) is 11.1 Å². The first-order chi connectivity index (χ1) is 6.84. The van der Waals surface area contributed by atoms with Crippen molar-refractivity contribution in [1.82, 2.24) is 4.98 Å². The Morgan fingerprint density at radius 2 is 1.79 bits per heavy atom. The average Bonchev–Trinajstić information content (AvgIpc) is 2.23. The van der Waals surface area contributed by atoms with Gasteiger partial charge in [-0.05, 0) is 24.1 Å². The van der Waals surface area contributed by atoms with Crippen molar-refractivity contribution in [3.8, 4) is 0 Å². The summed E-state index contributed by atoms with van der Waals surface area (Å²) in [5.41, 5.74) is 3.65. The van der Waals surface area contributed by atoms with Crippen LogP contribution in [0.25, 0.3) is 0 Å². The summed E-state index contributed by atoms with van der Waals surface area (Å²) in [5.74, 6) is 0. The van der Waals surface area contributed by atoms with Crippen LogP contribution in [0.4, 0.5) is 0 Å². The molecule has 70 valence electrons. The molecule has 0 radical (unpaired) electrons. The average molecular weight is 183 g/mol. The van der Waals surface area contributed by atoms with Crippen LogP contribution in [-0.4, -0.2) is 4.98 Å². The van der Waals surface area contributed by atoms with Gasteiger partial charge in [0.05, 0.1) is 0 Å². The molecule has 1 aromatic heterocycles. The zero-order valence-corrected chi connectivity index (χ0v) is 8.27. The molecule has 14 heavy (non-hydrogen) atoms. The van der Waals surface area contributed by atoms with E-state index in [9.17, 15) is 0 Å². The van der Waals surface area contributed by atoms with Gasteiger partial charge in [0.25, 0.3) is 0 Å². The molecule has 0 N–H and O–H groups in total. The second kappa shape index (κ2) is 4.05. The van der Waals surface area contributed by atoms with Gasteiger partial charge < -0.3 is 0 Å². The van der Waals surface area contributed by atoms with Crippen molar-refractivity contribution >= 4 is 0 Å². The Morgan fingerprint density at radius 1 is 1.00 bits per heavy atom. The van der Waals surface area contributed by atoms with E-state index < -0.39 is 0 Å². The molecule has 0 atom stereocenters. The monoisotopic (exact) mass is 183 g/mol. The van der Waals surface area contributed by atoms with Crippen molar-refractivity contribution in [2.24, 2.45) is 0 Å². The van der Waals surface area contributed by atoms with Crippen LogP contribution in [0.1, 0.15) is 16.8 Å². The molecule has 0 aliphatic carbocycles. The van der Waals surface area contributed by atoms with Crippen molar-refractivity contribution < 1.29 is 0 Å². The summed E-state index contributed by atoms with van der Waals surface area (Å²) in [6, 6.07) is 14.6. The Bertz CT molecular complexity index is 389. The van der Waals surface area contributed by atoms with Gasteiger partial charge >= 0.3 is 0 Å². The van der Waals surface area contributed by atoms with Gasteiger partial charge in [-0.2, -0.15) is 0 Å². The maximum absolute atomic E-state index is 4.37. The van der Waals surface area contributed by atoms with Gasteiger partial charge in [0.2, 0.25) is 0 Å². The summed E-state index contributed by atoms with van der Waals surface area (Å²) < 4.78 is 0. The topological polar surface area (TPSA) is 12.9 Å². The molecule has 0 amide bonds. The normalized spacial score (nSPS) is 10.1. The zero-order chi connectivity index (χ0) is 9.80. The van der Waals surface area contributed by atoms with E-state index >= 15 is 0 Å². The van der Waals surface area contributed by atoms with Crippen molar-refractivity contribution in [1.29, 1.82) is 0 Å². The van der Waals surface area contributed by atoms with Gasteiger partial charge in [-0.3, -0.25) is 4.98 Å². The Balaban J connectivity index is 2.16. The standard InChI is InChI=1S/C13H13N/c1-11-7-8-13(14-10-11)9-12-5-3-2-4-6-12/h2-8,10H,9H2,1H3. The van der Waals surface area contributed by atoms with Crippen molar-refractivity contribution in [3.63, 3.8) is 0 Å². The molecule has 0 fully saturated rings. The van der Waals surface area contributed by atoms with Gasteiger partial charge in [0.1, 0.15) is 0 Å². The van der Waals surface area contributed by atoms with Crippen LogP contribution < -0.4 is 0 Å². The minimum atomic E-state index is 0.918.